The lowest BCUT2D eigenvalue weighted by atomic mass is 9.93. The molecule has 0 amide bonds. The van der Waals surface area contributed by atoms with Crippen LogP contribution in [0.4, 0.5) is 0 Å². The smallest absolute Gasteiger partial charge is 0.342 e. The van der Waals surface area contributed by atoms with E-state index >= 15 is 0 Å². The minimum Gasteiger partial charge on any atom is -0.496 e. The summed E-state index contributed by atoms with van der Waals surface area (Å²) >= 11 is 0. The summed E-state index contributed by atoms with van der Waals surface area (Å²) in [6.45, 7) is 5.89. The van der Waals surface area contributed by atoms with Gasteiger partial charge in [0.2, 0.25) is 0 Å². The van der Waals surface area contributed by atoms with Gasteiger partial charge in [-0.25, -0.2) is 9.59 Å². The molecular weight excluding hydrogens is 424 g/mol. The van der Waals surface area contributed by atoms with E-state index in [2.05, 4.69) is 19.6 Å². The van der Waals surface area contributed by atoms with Crippen molar-refractivity contribution in [3.63, 3.8) is 0 Å². The van der Waals surface area contributed by atoms with Gasteiger partial charge in [-0.15, -0.1) is 0 Å². The molecule has 0 spiro atoms. The van der Waals surface area contributed by atoms with Crippen LogP contribution in [0.1, 0.15) is 42.1 Å². The van der Waals surface area contributed by atoms with Crippen molar-refractivity contribution in [1.29, 1.82) is 0 Å². The Kier molecular flexibility index (Phi) is 11.4. The largest absolute Gasteiger partial charge is 0.496 e. The Morgan fingerprint density at radius 1 is 1.27 bits per heavy atom. The number of methoxy groups -OCH3 is 2. The molecule has 0 bridgehead atoms. The van der Waals surface area contributed by atoms with Crippen LogP contribution in [-0.4, -0.2) is 51.8 Å². The second-order valence-corrected chi connectivity index (χ2v) is 7.81. The SMILES string of the molecule is C=CCOC(=O)/C=C/C[C@H]1C[C@@H](OCOC)[C@@H](C)C/C=C/Cc2cccc(OC)c2C(=O)O1. The summed E-state index contributed by atoms with van der Waals surface area (Å²) in [7, 11) is 3.10. The van der Waals surface area contributed by atoms with Gasteiger partial charge in [0.15, 0.2) is 0 Å². The van der Waals surface area contributed by atoms with Crippen molar-refractivity contribution in [3.05, 3.63) is 66.3 Å². The molecule has 0 fully saturated rings. The standard InChI is InChI=1S/C26H34O7/c1-5-16-31-24(27)15-9-13-21-17-23(32-18-29-3)19(2)10-6-7-11-20-12-8-14-22(30-4)25(20)26(28)33-21/h5-9,12,14-15,19,21,23H,1,10-11,13,16-18H2,2-4H3/b7-6+,15-9+/t19-,21-,23+/m0/s1. The highest BCUT2D eigenvalue weighted by Gasteiger charge is 2.27. The zero-order chi connectivity index (χ0) is 24.1. The molecule has 1 aromatic rings. The molecule has 7 heteroatoms. The van der Waals surface area contributed by atoms with Crippen molar-refractivity contribution in [3.8, 4) is 5.75 Å². The topological polar surface area (TPSA) is 80.3 Å². The Bertz CT molecular complexity index is 843. The number of cyclic esters (lactones) is 1. The van der Waals surface area contributed by atoms with Crippen LogP contribution >= 0.6 is 0 Å². The average Bonchev–Trinajstić information content (AvgIpc) is 2.81. The van der Waals surface area contributed by atoms with E-state index in [0.717, 1.165) is 12.0 Å². The van der Waals surface area contributed by atoms with E-state index in [-0.39, 0.29) is 25.4 Å². The molecule has 3 atom stereocenters. The highest BCUT2D eigenvalue weighted by molar-refractivity contribution is 5.94. The lowest BCUT2D eigenvalue weighted by molar-refractivity contribution is -0.136. The molecule has 0 saturated carbocycles. The molecule has 0 N–H and O–H groups in total. The highest BCUT2D eigenvalue weighted by Crippen LogP contribution is 2.28. The molecule has 33 heavy (non-hydrogen) atoms. The zero-order valence-corrected chi connectivity index (χ0v) is 19.7. The van der Waals surface area contributed by atoms with Gasteiger partial charge >= 0.3 is 11.9 Å². The van der Waals surface area contributed by atoms with Crippen LogP contribution in [-0.2, 0) is 30.2 Å². The number of esters is 2. The monoisotopic (exact) mass is 458 g/mol. The van der Waals surface area contributed by atoms with Crippen molar-refractivity contribution in [2.45, 2.75) is 44.8 Å². The summed E-state index contributed by atoms with van der Waals surface area (Å²) in [4.78, 5) is 25.0. The number of allylic oxidation sites excluding steroid dienone is 2. The van der Waals surface area contributed by atoms with Crippen molar-refractivity contribution in [2.75, 3.05) is 27.6 Å². The summed E-state index contributed by atoms with van der Waals surface area (Å²) in [5.41, 5.74) is 1.24. The summed E-state index contributed by atoms with van der Waals surface area (Å²) in [5, 5.41) is 0. The van der Waals surface area contributed by atoms with Crippen LogP contribution in [0, 0.1) is 5.92 Å². The van der Waals surface area contributed by atoms with Gasteiger partial charge in [-0.3, -0.25) is 0 Å². The first-order valence-electron chi connectivity index (χ1n) is 11.1. The fourth-order valence-corrected chi connectivity index (χ4v) is 3.61. The molecule has 0 aromatic heterocycles. The number of rotatable bonds is 9. The quantitative estimate of drug-likeness (QED) is 0.235. The molecule has 2 rings (SSSR count). The summed E-state index contributed by atoms with van der Waals surface area (Å²) < 4.78 is 27.3. The summed E-state index contributed by atoms with van der Waals surface area (Å²) in [5.74, 6) is -0.316. The van der Waals surface area contributed by atoms with Crippen molar-refractivity contribution in [2.24, 2.45) is 5.92 Å². The van der Waals surface area contributed by atoms with Gasteiger partial charge in [0, 0.05) is 26.0 Å². The molecule has 0 radical (unpaired) electrons. The number of hydrogen-bond donors (Lipinski definition) is 0. The third-order valence-corrected chi connectivity index (χ3v) is 5.35. The number of carbonyl (C=O) groups excluding carboxylic acids is 2. The van der Waals surface area contributed by atoms with Gasteiger partial charge in [0.1, 0.15) is 30.8 Å². The van der Waals surface area contributed by atoms with E-state index in [1.165, 1.54) is 19.3 Å². The van der Waals surface area contributed by atoms with Gasteiger partial charge in [0.05, 0.1) is 13.2 Å². The molecule has 1 aliphatic rings. The van der Waals surface area contributed by atoms with E-state index in [1.807, 2.05) is 18.2 Å². The Labute approximate surface area is 196 Å². The second kappa shape index (κ2) is 14.3. The van der Waals surface area contributed by atoms with Crippen LogP contribution in [0.25, 0.3) is 0 Å². The maximum Gasteiger partial charge on any atom is 0.342 e. The fourth-order valence-electron chi connectivity index (χ4n) is 3.61. The summed E-state index contributed by atoms with van der Waals surface area (Å²) in [6, 6.07) is 5.50. The van der Waals surface area contributed by atoms with Crippen LogP contribution in [0.5, 0.6) is 5.75 Å². The minimum atomic E-state index is -0.522. The van der Waals surface area contributed by atoms with E-state index in [9.17, 15) is 9.59 Å². The third kappa shape index (κ3) is 8.51. The Morgan fingerprint density at radius 3 is 2.82 bits per heavy atom. The Hall–Kier alpha value is -2.90. The van der Waals surface area contributed by atoms with E-state index in [0.29, 0.717) is 30.6 Å². The normalized spacial score (nSPS) is 22.4. The molecule has 1 aromatic carbocycles. The van der Waals surface area contributed by atoms with Gasteiger partial charge < -0.3 is 23.7 Å². The predicted octanol–water partition coefficient (Wildman–Crippen LogP) is 4.41. The lowest BCUT2D eigenvalue weighted by Crippen LogP contribution is -2.31. The number of fused-ring (bicyclic) bond motifs is 1. The zero-order valence-electron chi connectivity index (χ0n) is 19.7. The maximum atomic E-state index is 13.2. The summed E-state index contributed by atoms with van der Waals surface area (Å²) in [6.07, 6.45) is 10.1. The van der Waals surface area contributed by atoms with Gasteiger partial charge in [0.25, 0.3) is 0 Å². The van der Waals surface area contributed by atoms with Gasteiger partial charge in [-0.05, 0) is 30.4 Å². The maximum absolute atomic E-state index is 13.2. The van der Waals surface area contributed by atoms with Crippen LogP contribution in [0.15, 0.2) is 55.2 Å². The van der Waals surface area contributed by atoms with Crippen molar-refractivity contribution < 1.29 is 33.3 Å². The van der Waals surface area contributed by atoms with Gasteiger partial charge in [-0.1, -0.05) is 49.9 Å². The molecule has 1 heterocycles. The predicted molar refractivity (Wildman–Crippen MR) is 125 cm³/mol. The number of carbonyl (C=O) groups is 2. The molecule has 7 nitrogen and oxygen atoms in total. The molecular formula is C26H34O7. The van der Waals surface area contributed by atoms with E-state index in [4.69, 9.17) is 23.7 Å². The first-order valence-corrected chi connectivity index (χ1v) is 11.1. The molecule has 0 unspecified atom stereocenters. The lowest BCUT2D eigenvalue weighted by Gasteiger charge is -2.28. The number of benzene rings is 1. The minimum absolute atomic E-state index is 0.135. The first-order chi connectivity index (χ1) is 16.0. The van der Waals surface area contributed by atoms with Crippen LogP contribution in [0.2, 0.25) is 0 Å². The number of ether oxygens (including phenoxy) is 5. The third-order valence-electron chi connectivity index (χ3n) is 5.35. The first kappa shape index (κ1) is 26.4. The molecule has 0 aliphatic carbocycles. The Balaban J connectivity index is 2.32. The van der Waals surface area contributed by atoms with Crippen LogP contribution in [0.3, 0.4) is 0 Å². The molecule has 180 valence electrons. The molecule has 1 aliphatic heterocycles. The second-order valence-electron chi connectivity index (χ2n) is 7.81. The van der Waals surface area contributed by atoms with Crippen LogP contribution < -0.4 is 4.74 Å². The van der Waals surface area contributed by atoms with E-state index in [1.54, 1.807) is 19.3 Å². The number of hydrogen-bond acceptors (Lipinski definition) is 7. The van der Waals surface area contributed by atoms with E-state index < -0.39 is 18.0 Å². The highest BCUT2D eigenvalue weighted by atomic mass is 16.7. The Morgan fingerprint density at radius 2 is 2.09 bits per heavy atom. The fraction of sp³-hybridized carbons (Fsp3) is 0.462. The van der Waals surface area contributed by atoms with Gasteiger partial charge in [-0.2, -0.15) is 0 Å². The molecule has 0 saturated heterocycles. The average molecular weight is 459 g/mol. The van der Waals surface area contributed by atoms with Crippen molar-refractivity contribution in [1.82, 2.24) is 0 Å². The van der Waals surface area contributed by atoms with Crippen molar-refractivity contribution >= 4 is 11.9 Å².